The number of hydrogen-bond acceptors (Lipinski definition) is 3. The zero-order chi connectivity index (χ0) is 10.6. The number of aliphatic carboxylic acids is 1. The lowest BCUT2D eigenvalue weighted by molar-refractivity contribution is -0.137. The fourth-order valence-corrected chi connectivity index (χ4v) is 1.94. The molecule has 2 atom stereocenters. The Bertz CT molecular complexity index is 194. The molecule has 14 heavy (non-hydrogen) atoms. The van der Waals surface area contributed by atoms with Crippen LogP contribution in [0.2, 0.25) is 0 Å². The van der Waals surface area contributed by atoms with E-state index in [0.29, 0.717) is 12.5 Å². The Hall–Kier alpha value is -0.610. The van der Waals surface area contributed by atoms with E-state index in [9.17, 15) is 9.90 Å². The van der Waals surface area contributed by atoms with Crippen LogP contribution in [0.15, 0.2) is 0 Å². The third-order valence-electron chi connectivity index (χ3n) is 2.87. The van der Waals surface area contributed by atoms with Crippen LogP contribution in [0.25, 0.3) is 0 Å². The highest BCUT2D eigenvalue weighted by Crippen LogP contribution is 2.19. The number of aliphatic hydroxyl groups excluding tert-OH is 1. The fourth-order valence-electron chi connectivity index (χ4n) is 1.94. The van der Waals surface area contributed by atoms with E-state index < -0.39 is 5.97 Å². The maximum absolute atomic E-state index is 10.4. The van der Waals surface area contributed by atoms with Crippen molar-refractivity contribution in [2.45, 2.75) is 32.3 Å². The van der Waals surface area contributed by atoms with E-state index in [1.807, 2.05) is 6.92 Å². The lowest BCUT2D eigenvalue weighted by atomic mass is 9.93. The Morgan fingerprint density at radius 1 is 1.64 bits per heavy atom. The predicted octanol–water partition coefficient (Wildman–Crippen LogP) is 0.554. The summed E-state index contributed by atoms with van der Waals surface area (Å²) >= 11 is 0. The third-order valence-corrected chi connectivity index (χ3v) is 2.87. The number of carboxylic acid groups (broad SMARTS) is 1. The number of hydrogen-bond donors (Lipinski definition) is 2. The first kappa shape index (κ1) is 11.5. The first-order valence-electron chi connectivity index (χ1n) is 5.22. The molecule has 2 N–H and O–H groups in total. The molecule has 4 nitrogen and oxygen atoms in total. The molecular formula is C10H19NO3. The van der Waals surface area contributed by atoms with Crippen molar-refractivity contribution in [2.75, 3.05) is 19.6 Å². The maximum Gasteiger partial charge on any atom is 0.304 e. The second-order valence-corrected chi connectivity index (χ2v) is 4.09. The quantitative estimate of drug-likeness (QED) is 0.697. The van der Waals surface area contributed by atoms with Crippen molar-refractivity contribution >= 4 is 5.97 Å². The van der Waals surface area contributed by atoms with Crippen LogP contribution in [-0.4, -0.2) is 46.8 Å². The SMILES string of the molecule is C[C@@H](O)[C@H]1CCCN(CCC(=O)O)C1. The molecular weight excluding hydrogens is 182 g/mol. The molecule has 82 valence electrons. The van der Waals surface area contributed by atoms with Gasteiger partial charge in [0.1, 0.15) is 0 Å². The van der Waals surface area contributed by atoms with E-state index in [1.165, 1.54) is 0 Å². The summed E-state index contributed by atoms with van der Waals surface area (Å²) in [7, 11) is 0. The number of piperidine rings is 1. The van der Waals surface area contributed by atoms with Crippen LogP contribution < -0.4 is 0 Å². The van der Waals surface area contributed by atoms with Crippen molar-refractivity contribution in [3.63, 3.8) is 0 Å². The smallest absolute Gasteiger partial charge is 0.304 e. The topological polar surface area (TPSA) is 60.8 Å². The molecule has 0 spiro atoms. The van der Waals surface area contributed by atoms with Crippen molar-refractivity contribution in [1.82, 2.24) is 4.90 Å². The van der Waals surface area contributed by atoms with Gasteiger partial charge in [-0.1, -0.05) is 0 Å². The van der Waals surface area contributed by atoms with E-state index in [1.54, 1.807) is 0 Å². The summed E-state index contributed by atoms with van der Waals surface area (Å²) in [5.41, 5.74) is 0. The van der Waals surface area contributed by atoms with Crippen molar-refractivity contribution < 1.29 is 15.0 Å². The minimum atomic E-state index is -0.746. The highest BCUT2D eigenvalue weighted by Gasteiger charge is 2.23. The van der Waals surface area contributed by atoms with Crippen LogP contribution in [0.5, 0.6) is 0 Å². The average Bonchev–Trinajstić information content (AvgIpc) is 2.15. The predicted molar refractivity (Wildman–Crippen MR) is 53.1 cm³/mol. The standard InChI is InChI=1S/C10H19NO3/c1-8(12)9-3-2-5-11(7-9)6-4-10(13)14/h8-9,12H,2-7H2,1H3,(H,13,14)/t8-,9+/m1/s1. The van der Waals surface area contributed by atoms with Crippen LogP contribution in [0.1, 0.15) is 26.2 Å². The molecule has 0 bridgehead atoms. The Morgan fingerprint density at radius 3 is 2.93 bits per heavy atom. The minimum Gasteiger partial charge on any atom is -0.481 e. The molecule has 0 radical (unpaired) electrons. The molecule has 0 aromatic heterocycles. The maximum atomic E-state index is 10.4. The molecule has 0 aromatic rings. The van der Waals surface area contributed by atoms with Gasteiger partial charge < -0.3 is 15.1 Å². The second-order valence-electron chi connectivity index (χ2n) is 4.09. The van der Waals surface area contributed by atoms with Gasteiger partial charge in [-0.3, -0.25) is 4.79 Å². The van der Waals surface area contributed by atoms with E-state index in [4.69, 9.17) is 5.11 Å². The molecule has 0 aromatic carbocycles. The Labute approximate surface area is 84.5 Å². The summed E-state index contributed by atoms with van der Waals surface area (Å²) in [6.07, 6.45) is 2.05. The largest absolute Gasteiger partial charge is 0.481 e. The summed E-state index contributed by atoms with van der Waals surface area (Å²) in [4.78, 5) is 12.5. The van der Waals surface area contributed by atoms with E-state index in [2.05, 4.69) is 4.90 Å². The van der Waals surface area contributed by atoms with Crippen molar-refractivity contribution in [3.05, 3.63) is 0 Å². The van der Waals surface area contributed by atoms with Crippen LogP contribution in [0, 0.1) is 5.92 Å². The van der Waals surface area contributed by atoms with Gasteiger partial charge >= 0.3 is 5.97 Å². The molecule has 0 aliphatic carbocycles. The first-order valence-corrected chi connectivity index (χ1v) is 5.22. The lowest BCUT2D eigenvalue weighted by Gasteiger charge is -2.33. The molecule has 0 unspecified atom stereocenters. The number of nitrogens with zero attached hydrogens (tertiary/aromatic N) is 1. The highest BCUT2D eigenvalue weighted by atomic mass is 16.4. The number of rotatable bonds is 4. The van der Waals surface area contributed by atoms with E-state index in [0.717, 1.165) is 25.9 Å². The second kappa shape index (κ2) is 5.32. The Balaban J connectivity index is 2.29. The molecule has 1 fully saturated rings. The molecule has 0 amide bonds. The normalized spacial score (nSPS) is 26.0. The molecule has 1 aliphatic heterocycles. The monoisotopic (exact) mass is 201 g/mol. The number of carboxylic acids is 1. The summed E-state index contributed by atoms with van der Waals surface area (Å²) < 4.78 is 0. The number of likely N-dealkylation sites (tertiary alicyclic amines) is 1. The third kappa shape index (κ3) is 3.64. The van der Waals surface area contributed by atoms with Crippen LogP contribution >= 0.6 is 0 Å². The van der Waals surface area contributed by atoms with Gasteiger partial charge in [0.05, 0.1) is 12.5 Å². The number of carbonyl (C=O) groups is 1. The lowest BCUT2D eigenvalue weighted by Crippen LogP contribution is -2.40. The van der Waals surface area contributed by atoms with E-state index >= 15 is 0 Å². The molecule has 1 saturated heterocycles. The van der Waals surface area contributed by atoms with Gasteiger partial charge in [-0.25, -0.2) is 0 Å². The molecule has 1 aliphatic rings. The van der Waals surface area contributed by atoms with Crippen molar-refractivity contribution in [3.8, 4) is 0 Å². The summed E-state index contributed by atoms with van der Waals surface area (Å²) in [5, 5.41) is 18.0. The van der Waals surface area contributed by atoms with Crippen LogP contribution in [-0.2, 0) is 4.79 Å². The Kier molecular flexibility index (Phi) is 4.35. The highest BCUT2D eigenvalue weighted by molar-refractivity contribution is 5.66. The summed E-state index contributed by atoms with van der Waals surface area (Å²) in [5.74, 6) is -0.429. The molecule has 1 rings (SSSR count). The fraction of sp³-hybridized carbons (Fsp3) is 0.900. The minimum absolute atomic E-state index is 0.201. The molecule has 1 heterocycles. The van der Waals surface area contributed by atoms with Crippen LogP contribution in [0.3, 0.4) is 0 Å². The Morgan fingerprint density at radius 2 is 2.36 bits per heavy atom. The van der Waals surface area contributed by atoms with Gasteiger partial charge in [-0.15, -0.1) is 0 Å². The van der Waals surface area contributed by atoms with Gasteiger partial charge in [0.15, 0.2) is 0 Å². The van der Waals surface area contributed by atoms with Gasteiger partial charge in [0.2, 0.25) is 0 Å². The summed E-state index contributed by atoms with van der Waals surface area (Å²) in [6.45, 7) is 4.23. The van der Waals surface area contributed by atoms with E-state index in [-0.39, 0.29) is 12.5 Å². The number of aliphatic hydroxyl groups is 1. The zero-order valence-corrected chi connectivity index (χ0v) is 8.65. The zero-order valence-electron chi connectivity index (χ0n) is 8.65. The van der Waals surface area contributed by atoms with Crippen molar-refractivity contribution in [1.29, 1.82) is 0 Å². The van der Waals surface area contributed by atoms with Gasteiger partial charge in [-0.05, 0) is 32.2 Å². The first-order chi connectivity index (χ1) is 6.59. The molecule has 0 saturated carbocycles. The van der Waals surface area contributed by atoms with Gasteiger partial charge in [0, 0.05) is 13.1 Å². The molecule has 4 heteroatoms. The van der Waals surface area contributed by atoms with Gasteiger partial charge in [-0.2, -0.15) is 0 Å². The van der Waals surface area contributed by atoms with Gasteiger partial charge in [0.25, 0.3) is 0 Å². The average molecular weight is 201 g/mol. The van der Waals surface area contributed by atoms with Crippen LogP contribution in [0.4, 0.5) is 0 Å². The van der Waals surface area contributed by atoms with Crippen molar-refractivity contribution in [2.24, 2.45) is 5.92 Å². The summed E-state index contributed by atoms with van der Waals surface area (Å²) in [6, 6.07) is 0.